The van der Waals surface area contributed by atoms with Gasteiger partial charge in [-0.25, -0.2) is 0 Å². The third kappa shape index (κ3) is 1.80. The van der Waals surface area contributed by atoms with Gasteiger partial charge in [0.25, 0.3) is 0 Å². The highest BCUT2D eigenvalue weighted by Gasteiger charge is 2.27. The van der Waals surface area contributed by atoms with Crippen molar-refractivity contribution in [3.8, 4) is 0 Å². The number of carbonyl (C=O) groups is 1. The molecule has 0 unspecified atom stereocenters. The van der Waals surface area contributed by atoms with Crippen molar-refractivity contribution in [2.24, 2.45) is 7.05 Å². The molecule has 0 spiro atoms. The van der Waals surface area contributed by atoms with E-state index in [9.17, 15) is 4.79 Å². The Labute approximate surface area is 108 Å². The molecule has 18 heavy (non-hydrogen) atoms. The van der Waals surface area contributed by atoms with Crippen LogP contribution >= 0.6 is 11.8 Å². The van der Waals surface area contributed by atoms with E-state index in [-0.39, 0.29) is 11.2 Å². The Morgan fingerprint density at radius 3 is 3.06 bits per heavy atom. The molecule has 0 bridgehead atoms. The average molecular weight is 263 g/mol. The van der Waals surface area contributed by atoms with Crippen LogP contribution in [0.15, 0.2) is 12.4 Å². The number of amides is 1. The van der Waals surface area contributed by atoms with Gasteiger partial charge in [0.2, 0.25) is 5.91 Å². The average Bonchev–Trinajstić information content (AvgIpc) is 2.84. The molecule has 0 saturated heterocycles. The van der Waals surface area contributed by atoms with Crippen LogP contribution in [0.4, 0.5) is 5.82 Å². The third-order valence-corrected chi connectivity index (χ3v) is 4.20. The first-order valence-corrected chi connectivity index (χ1v) is 6.65. The smallest absolute Gasteiger partial charge is 0.235 e. The summed E-state index contributed by atoms with van der Waals surface area (Å²) in [5.74, 6) is 1.12. The maximum Gasteiger partial charge on any atom is 0.235 e. The van der Waals surface area contributed by atoms with Gasteiger partial charge in [0.15, 0.2) is 0 Å². The van der Waals surface area contributed by atoms with Crippen molar-refractivity contribution in [1.29, 1.82) is 0 Å². The molecule has 3 heterocycles. The highest BCUT2D eigenvalue weighted by atomic mass is 32.2. The highest BCUT2D eigenvalue weighted by Crippen LogP contribution is 2.41. The number of H-pyrrole nitrogens is 1. The Morgan fingerprint density at radius 1 is 1.50 bits per heavy atom. The minimum absolute atomic E-state index is 0.00505. The summed E-state index contributed by atoms with van der Waals surface area (Å²) in [5.41, 5.74) is 3.11. The molecule has 2 aromatic heterocycles. The Hall–Kier alpha value is -1.76. The molecule has 1 atom stereocenters. The molecule has 6 nitrogen and oxygen atoms in total. The molecule has 1 aliphatic rings. The lowest BCUT2D eigenvalue weighted by molar-refractivity contribution is -0.113. The van der Waals surface area contributed by atoms with E-state index < -0.39 is 0 Å². The van der Waals surface area contributed by atoms with Crippen molar-refractivity contribution in [1.82, 2.24) is 20.0 Å². The number of nitrogens with zero attached hydrogens (tertiary/aromatic N) is 3. The summed E-state index contributed by atoms with van der Waals surface area (Å²) in [6.45, 7) is 1.98. The van der Waals surface area contributed by atoms with Crippen LogP contribution in [-0.2, 0) is 11.8 Å². The third-order valence-electron chi connectivity index (χ3n) is 2.93. The summed E-state index contributed by atoms with van der Waals surface area (Å²) >= 11 is 1.59. The predicted molar refractivity (Wildman–Crippen MR) is 69.5 cm³/mol. The van der Waals surface area contributed by atoms with Crippen molar-refractivity contribution >= 4 is 23.5 Å². The topological polar surface area (TPSA) is 75.6 Å². The Bertz CT molecular complexity index is 602. The first kappa shape index (κ1) is 11.3. The van der Waals surface area contributed by atoms with E-state index in [2.05, 4.69) is 20.6 Å². The number of thioether (sulfide) groups is 1. The lowest BCUT2D eigenvalue weighted by Gasteiger charge is -2.11. The number of fused-ring (bicyclic) bond motifs is 1. The van der Waals surface area contributed by atoms with Crippen molar-refractivity contribution in [3.63, 3.8) is 0 Å². The van der Waals surface area contributed by atoms with Crippen molar-refractivity contribution in [3.05, 3.63) is 29.2 Å². The second-order valence-electron chi connectivity index (χ2n) is 4.28. The second kappa shape index (κ2) is 4.16. The summed E-state index contributed by atoms with van der Waals surface area (Å²) in [6, 6.07) is 0. The van der Waals surface area contributed by atoms with E-state index in [1.165, 1.54) is 0 Å². The minimum Gasteiger partial charge on any atom is -0.310 e. The Kier molecular flexibility index (Phi) is 2.62. The molecule has 2 N–H and O–H groups in total. The zero-order valence-corrected chi connectivity index (χ0v) is 10.9. The maximum atomic E-state index is 11.6. The van der Waals surface area contributed by atoms with E-state index >= 15 is 0 Å². The molecule has 0 saturated carbocycles. The summed E-state index contributed by atoms with van der Waals surface area (Å²) in [4.78, 5) is 11.6. The number of anilines is 1. The van der Waals surface area contributed by atoms with Gasteiger partial charge in [0.05, 0.1) is 22.9 Å². The number of rotatable bonds is 1. The van der Waals surface area contributed by atoms with Crippen LogP contribution in [0.3, 0.4) is 0 Å². The van der Waals surface area contributed by atoms with Gasteiger partial charge in [-0.15, -0.1) is 11.8 Å². The molecule has 1 amide bonds. The molecule has 3 rings (SSSR count). The van der Waals surface area contributed by atoms with Crippen LogP contribution in [-0.4, -0.2) is 31.6 Å². The zero-order chi connectivity index (χ0) is 12.7. The molecule has 0 radical (unpaired) electrons. The molecule has 0 aromatic carbocycles. The van der Waals surface area contributed by atoms with Crippen LogP contribution in [0.2, 0.25) is 0 Å². The zero-order valence-electron chi connectivity index (χ0n) is 10.1. The van der Waals surface area contributed by atoms with Gasteiger partial charge in [-0.05, 0) is 6.92 Å². The lowest BCUT2D eigenvalue weighted by atomic mass is 10.1. The van der Waals surface area contributed by atoms with Gasteiger partial charge >= 0.3 is 0 Å². The van der Waals surface area contributed by atoms with Crippen LogP contribution in [0.5, 0.6) is 0 Å². The Morgan fingerprint density at radius 2 is 2.33 bits per heavy atom. The quantitative estimate of drug-likeness (QED) is 0.811. The number of nitrogens with one attached hydrogen (secondary N) is 2. The second-order valence-corrected chi connectivity index (χ2v) is 5.38. The normalized spacial score (nSPS) is 19.2. The van der Waals surface area contributed by atoms with Gasteiger partial charge in [-0.1, -0.05) is 0 Å². The van der Waals surface area contributed by atoms with Crippen LogP contribution in [0.25, 0.3) is 0 Å². The van der Waals surface area contributed by atoms with E-state index in [0.29, 0.717) is 11.6 Å². The summed E-state index contributed by atoms with van der Waals surface area (Å²) < 4.78 is 1.80. The fourth-order valence-corrected chi connectivity index (χ4v) is 3.31. The number of hydrogen-bond donors (Lipinski definition) is 2. The van der Waals surface area contributed by atoms with Gasteiger partial charge in [0.1, 0.15) is 5.82 Å². The first-order valence-electron chi connectivity index (χ1n) is 5.60. The van der Waals surface area contributed by atoms with E-state index in [4.69, 9.17) is 0 Å². The predicted octanol–water partition coefficient (Wildman–Crippen LogP) is 1.23. The van der Waals surface area contributed by atoms with Crippen molar-refractivity contribution in [2.75, 3.05) is 11.1 Å². The number of carbonyl (C=O) groups excluding carboxylic acids is 1. The van der Waals surface area contributed by atoms with Gasteiger partial charge in [0, 0.05) is 24.4 Å². The number of hydrogen-bond acceptors (Lipinski definition) is 4. The molecule has 0 fully saturated rings. The number of aromatic nitrogens is 4. The largest absolute Gasteiger partial charge is 0.310 e. The minimum atomic E-state index is -0.00505. The molecular weight excluding hydrogens is 250 g/mol. The summed E-state index contributed by atoms with van der Waals surface area (Å²) in [6.07, 6.45) is 3.77. The highest BCUT2D eigenvalue weighted by molar-refractivity contribution is 8.00. The maximum absolute atomic E-state index is 11.6. The fraction of sp³-hybridized carbons (Fsp3) is 0.364. The van der Waals surface area contributed by atoms with E-state index in [1.807, 2.05) is 20.2 Å². The monoisotopic (exact) mass is 263 g/mol. The fourth-order valence-electron chi connectivity index (χ4n) is 2.15. The molecule has 1 aliphatic heterocycles. The van der Waals surface area contributed by atoms with E-state index in [0.717, 1.165) is 16.8 Å². The molecular formula is C11H13N5OS. The van der Waals surface area contributed by atoms with Crippen LogP contribution < -0.4 is 5.32 Å². The lowest BCUT2D eigenvalue weighted by Crippen LogP contribution is -2.12. The van der Waals surface area contributed by atoms with Crippen LogP contribution in [0.1, 0.15) is 22.1 Å². The molecule has 0 aliphatic carbocycles. The van der Waals surface area contributed by atoms with Gasteiger partial charge in [-0.3, -0.25) is 14.6 Å². The van der Waals surface area contributed by atoms with Crippen molar-refractivity contribution < 1.29 is 4.79 Å². The standard InChI is InChI=1S/C11H13N5OS/c1-6-8(4-16(2)15-6)10-7-3-12-14-11(7)13-9(17)5-18-10/h3-4,10H,5H2,1-2H3,(H2,12,13,14,17)/t10-/m0/s1. The Balaban J connectivity index is 2.08. The van der Waals surface area contributed by atoms with Crippen molar-refractivity contribution in [2.45, 2.75) is 12.2 Å². The van der Waals surface area contributed by atoms with Crippen LogP contribution in [0, 0.1) is 6.92 Å². The molecule has 94 valence electrons. The number of aryl methyl sites for hydroxylation is 2. The first-order chi connectivity index (χ1) is 8.65. The summed E-state index contributed by atoms with van der Waals surface area (Å²) in [7, 11) is 1.90. The van der Waals surface area contributed by atoms with Gasteiger partial charge < -0.3 is 5.32 Å². The summed E-state index contributed by atoms with van der Waals surface area (Å²) in [5, 5.41) is 14.1. The number of aromatic amines is 1. The van der Waals surface area contributed by atoms with Gasteiger partial charge in [-0.2, -0.15) is 10.2 Å². The molecule has 2 aromatic rings. The van der Waals surface area contributed by atoms with E-state index in [1.54, 1.807) is 22.6 Å². The molecule has 7 heteroatoms. The SMILES string of the molecule is Cc1nn(C)cc1[C@H]1SCC(=O)Nc2[nH]ncc21.